The van der Waals surface area contributed by atoms with Crippen LogP contribution < -0.4 is 18.9 Å². The van der Waals surface area contributed by atoms with E-state index in [1.54, 1.807) is 44.6 Å². The zero-order chi connectivity index (χ0) is 24.6. The lowest BCUT2D eigenvalue weighted by atomic mass is 10.1. The van der Waals surface area contributed by atoms with Gasteiger partial charge >= 0.3 is 0 Å². The van der Waals surface area contributed by atoms with Crippen LogP contribution in [0.4, 0.5) is 4.79 Å². The lowest BCUT2D eigenvalue weighted by Crippen LogP contribution is -2.32. The molecule has 2 amide bonds. The Kier molecular flexibility index (Phi) is 7.95. The van der Waals surface area contributed by atoms with E-state index in [0.717, 1.165) is 22.9 Å². The summed E-state index contributed by atoms with van der Waals surface area (Å²) in [5.74, 6) is 1.92. The predicted molar refractivity (Wildman–Crippen MR) is 135 cm³/mol. The topological polar surface area (TPSA) is 74.3 Å². The summed E-state index contributed by atoms with van der Waals surface area (Å²) in [6.45, 7) is 0.670. The number of hydrogen-bond acceptors (Lipinski definition) is 7. The molecule has 1 aliphatic rings. The first-order chi connectivity index (χ1) is 17.1. The first-order valence-corrected chi connectivity index (χ1v) is 11.8. The van der Waals surface area contributed by atoms with Gasteiger partial charge in [0.1, 0.15) is 13.2 Å². The van der Waals surface area contributed by atoms with Crippen molar-refractivity contribution < 1.29 is 28.5 Å². The van der Waals surface area contributed by atoms with Gasteiger partial charge in [0, 0.05) is 0 Å². The molecule has 0 aromatic heterocycles. The van der Waals surface area contributed by atoms with Crippen LogP contribution in [0.3, 0.4) is 0 Å². The molecule has 0 N–H and O–H groups in total. The van der Waals surface area contributed by atoms with Gasteiger partial charge in [0.25, 0.3) is 11.1 Å². The summed E-state index contributed by atoms with van der Waals surface area (Å²) < 4.78 is 22.3. The first-order valence-electron chi connectivity index (χ1n) is 10.9. The van der Waals surface area contributed by atoms with Crippen LogP contribution in [0.2, 0.25) is 0 Å². The van der Waals surface area contributed by atoms with Gasteiger partial charge in [-0.1, -0.05) is 48.5 Å². The van der Waals surface area contributed by atoms with Crippen LogP contribution in [0.25, 0.3) is 6.08 Å². The van der Waals surface area contributed by atoms with E-state index in [4.69, 9.17) is 18.9 Å². The van der Waals surface area contributed by atoms with Crippen LogP contribution in [-0.2, 0) is 11.4 Å². The molecular weight excluding hydrogens is 466 g/mol. The Labute approximate surface area is 208 Å². The Hall–Kier alpha value is -3.91. The third-order valence-corrected chi connectivity index (χ3v) is 6.15. The molecule has 35 heavy (non-hydrogen) atoms. The molecule has 0 bridgehead atoms. The normalized spacial score (nSPS) is 14.3. The first kappa shape index (κ1) is 24.2. The number of carbonyl (C=O) groups is 2. The fourth-order valence-electron chi connectivity index (χ4n) is 3.46. The van der Waals surface area contributed by atoms with Gasteiger partial charge in [0.2, 0.25) is 0 Å². The highest BCUT2D eigenvalue weighted by Crippen LogP contribution is 2.35. The van der Waals surface area contributed by atoms with E-state index < -0.39 is 0 Å². The molecule has 1 heterocycles. The van der Waals surface area contributed by atoms with Gasteiger partial charge in [0.05, 0.1) is 25.7 Å². The molecule has 4 rings (SSSR count). The maximum atomic E-state index is 12.9. The fraction of sp³-hybridized carbons (Fsp3) is 0.185. The van der Waals surface area contributed by atoms with Crippen molar-refractivity contribution in [3.8, 4) is 23.0 Å². The minimum absolute atomic E-state index is 0.133. The van der Waals surface area contributed by atoms with E-state index in [0.29, 0.717) is 34.5 Å². The molecule has 0 aliphatic carbocycles. The quantitative estimate of drug-likeness (QED) is 0.352. The molecule has 8 heteroatoms. The number of rotatable bonds is 10. The minimum atomic E-state index is -0.355. The van der Waals surface area contributed by atoms with E-state index >= 15 is 0 Å². The number of thioether (sulfide) groups is 1. The number of para-hydroxylation sites is 2. The SMILES string of the molecule is COc1ccccc1OCCN1C(=O)S/C(=C\c2ccc(OC)c(OCc3ccccc3)c2)C1=O. The molecule has 3 aromatic rings. The van der Waals surface area contributed by atoms with E-state index in [-0.39, 0.29) is 24.3 Å². The third kappa shape index (κ3) is 5.96. The number of imide groups is 1. The zero-order valence-corrected chi connectivity index (χ0v) is 20.2. The van der Waals surface area contributed by atoms with Crippen LogP contribution in [0, 0.1) is 0 Å². The van der Waals surface area contributed by atoms with E-state index in [2.05, 4.69) is 0 Å². The summed E-state index contributed by atoms with van der Waals surface area (Å²) in [6, 6.07) is 22.4. The van der Waals surface area contributed by atoms with E-state index in [1.807, 2.05) is 48.5 Å². The molecule has 3 aromatic carbocycles. The van der Waals surface area contributed by atoms with Crippen molar-refractivity contribution in [3.05, 3.63) is 88.8 Å². The van der Waals surface area contributed by atoms with Crippen molar-refractivity contribution in [2.45, 2.75) is 6.61 Å². The van der Waals surface area contributed by atoms with Crippen LogP contribution >= 0.6 is 11.8 Å². The summed E-state index contributed by atoms with van der Waals surface area (Å²) in [4.78, 5) is 26.9. The van der Waals surface area contributed by atoms with Crippen molar-refractivity contribution in [3.63, 3.8) is 0 Å². The Morgan fingerprint density at radius 3 is 2.23 bits per heavy atom. The molecule has 0 atom stereocenters. The van der Waals surface area contributed by atoms with Gasteiger partial charge in [-0.2, -0.15) is 0 Å². The van der Waals surface area contributed by atoms with Gasteiger partial charge in [-0.25, -0.2) is 0 Å². The van der Waals surface area contributed by atoms with Crippen LogP contribution in [-0.4, -0.2) is 43.4 Å². The summed E-state index contributed by atoms with van der Waals surface area (Å²) >= 11 is 0.903. The number of amides is 2. The summed E-state index contributed by atoms with van der Waals surface area (Å²) in [5, 5.41) is -0.334. The van der Waals surface area contributed by atoms with E-state index in [1.165, 1.54) is 4.90 Å². The molecule has 0 radical (unpaired) electrons. The van der Waals surface area contributed by atoms with Crippen LogP contribution in [0.5, 0.6) is 23.0 Å². The Morgan fingerprint density at radius 1 is 0.800 bits per heavy atom. The zero-order valence-electron chi connectivity index (χ0n) is 19.4. The Morgan fingerprint density at radius 2 is 1.49 bits per heavy atom. The number of methoxy groups -OCH3 is 2. The van der Waals surface area contributed by atoms with Gasteiger partial charge < -0.3 is 18.9 Å². The largest absolute Gasteiger partial charge is 0.493 e. The maximum Gasteiger partial charge on any atom is 0.293 e. The molecule has 1 fully saturated rings. The number of benzene rings is 3. The average Bonchev–Trinajstić information content (AvgIpc) is 3.15. The average molecular weight is 492 g/mol. The second-order valence-corrected chi connectivity index (χ2v) is 8.51. The highest BCUT2D eigenvalue weighted by atomic mass is 32.2. The molecule has 0 saturated carbocycles. The number of ether oxygens (including phenoxy) is 4. The van der Waals surface area contributed by atoms with Crippen molar-refractivity contribution in [1.82, 2.24) is 4.90 Å². The Balaban J connectivity index is 1.42. The van der Waals surface area contributed by atoms with Gasteiger partial charge in [0.15, 0.2) is 23.0 Å². The van der Waals surface area contributed by atoms with E-state index in [9.17, 15) is 9.59 Å². The second kappa shape index (κ2) is 11.5. The van der Waals surface area contributed by atoms with Crippen molar-refractivity contribution in [2.24, 2.45) is 0 Å². The molecule has 1 saturated heterocycles. The van der Waals surface area contributed by atoms with Gasteiger partial charge in [-0.3, -0.25) is 14.5 Å². The summed E-state index contributed by atoms with van der Waals surface area (Å²) in [5.41, 5.74) is 1.75. The highest BCUT2D eigenvalue weighted by Gasteiger charge is 2.34. The lowest BCUT2D eigenvalue weighted by molar-refractivity contribution is -0.123. The predicted octanol–water partition coefficient (Wildman–Crippen LogP) is 5.40. The van der Waals surface area contributed by atoms with Gasteiger partial charge in [-0.15, -0.1) is 0 Å². The minimum Gasteiger partial charge on any atom is -0.493 e. The fourth-order valence-corrected chi connectivity index (χ4v) is 4.33. The summed E-state index contributed by atoms with van der Waals surface area (Å²) in [6.07, 6.45) is 1.68. The van der Waals surface area contributed by atoms with Crippen LogP contribution in [0.15, 0.2) is 77.7 Å². The van der Waals surface area contributed by atoms with Crippen molar-refractivity contribution in [2.75, 3.05) is 27.4 Å². The third-order valence-electron chi connectivity index (χ3n) is 5.24. The molecule has 0 unspecified atom stereocenters. The summed E-state index contributed by atoms with van der Waals surface area (Å²) in [7, 11) is 3.13. The van der Waals surface area contributed by atoms with Gasteiger partial charge in [-0.05, 0) is 53.2 Å². The molecule has 180 valence electrons. The number of nitrogens with zero attached hydrogens (tertiary/aromatic N) is 1. The molecule has 7 nitrogen and oxygen atoms in total. The molecule has 0 spiro atoms. The highest BCUT2D eigenvalue weighted by molar-refractivity contribution is 8.18. The number of carbonyl (C=O) groups excluding carboxylic acids is 2. The lowest BCUT2D eigenvalue weighted by Gasteiger charge is -2.14. The second-order valence-electron chi connectivity index (χ2n) is 7.52. The number of hydrogen-bond donors (Lipinski definition) is 0. The Bertz CT molecular complexity index is 1230. The van der Waals surface area contributed by atoms with Crippen molar-refractivity contribution >= 4 is 29.0 Å². The monoisotopic (exact) mass is 491 g/mol. The molecular formula is C27H25NO6S. The van der Waals surface area contributed by atoms with Crippen LogP contribution in [0.1, 0.15) is 11.1 Å². The smallest absolute Gasteiger partial charge is 0.293 e. The van der Waals surface area contributed by atoms with Crippen molar-refractivity contribution in [1.29, 1.82) is 0 Å². The molecule has 1 aliphatic heterocycles. The standard InChI is InChI=1S/C27H25NO6S/c1-31-21-10-6-7-11-23(21)33-15-14-28-26(29)25(35-27(28)30)17-20-12-13-22(32-2)24(16-20)34-18-19-8-4-3-5-9-19/h3-13,16-17H,14-15,18H2,1-2H3/b25-17-. The maximum absolute atomic E-state index is 12.9.